The first-order valence-corrected chi connectivity index (χ1v) is 6.83. The lowest BCUT2D eigenvalue weighted by molar-refractivity contribution is 0.423. The maximum atomic E-state index is 6.19. The number of halogens is 1. The van der Waals surface area contributed by atoms with Crippen LogP contribution in [0, 0.1) is 6.92 Å². The van der Waals surface area contributed by atoms with Crippen LogP contribution >= 0.6 is 11.6 Å². The summed E-state index contributed by atoms with van der Waals surface area (Å²) in [5.74, 6) is 1.05. The van der Waals surface area contributed by atoms with E-state index in [4.69, 9.17) is 16.0 Å². The van der Waals surface area contributed by atoms with Gasteiger partial charge < -0.3 is 9.73 Å². The normalized spacial score (nSPS) is 12.6. The minimum atomic E-state index is 0.0467. The molecule has 1 atom stereocenters. The smallest absolute Gasteiger partial charge is 0.249 e. The van der Waals surface area contributed by atoms with E-state index in [1.165, 1.54) is 0 Å². The zero-order valence-electron chi connectivity index (χ0n) is 11.4. The number of aromatic nitrogens is 2. The van der Waals surface area contributed by atoms with E-state index >= 15 is 0 Å². The molecule has 4 nitrogen and oxygen atoms in total. The summed E-state index contributed by atoms with van der Waals surface area (Å²) < 4.78 is 5.68. The molecule has 0 spiro atoms. The van der Waals surface area contributed by atoms with Gasteiger partial charge in [0.05, 0.1) is 16.6 Å². The minimum Gasteiger partial charge on any atom is -0.419 e. The van der Waals surface area contributed by atoms with Crippen LogP contribution in [-0.4, -0.2) is 16.7 Å². The van der Waals surface area contributed by atoms with Crippen molar-refractivity contribution in [2.24, 2.45) is 0 Å². The van der Waals surface area contributed by atoms with Crippen molar-refractivity contribution in [3.05, 3.63) is 34.7 Å². The molecule has 1 aromatic heterocycles. The van der Waals surface area contributed by atoms with Gasteiger partial charge in [0.2, 0.25) is 11.8 Å². The number of aryl methyl sites for hydroxylation is 1. The SMILES string of the molecule is CCCNC(C)c1nnc(-c2ccc(C)cc2Cl)o1. The predicted molar refractivity (Wildman–Crippen MR) is 76.2 cm³/mol. The third kappa shape index (κ3) is 3.33. The Morgan fingerprint density at radius 2 is 2.16 bits per heavy atom. The van der Waals surface area contributed by atoms with Gasteiger partial charge in [-0.3, -0.25) is 0 Å². The van der Waals surface area contributed by atoms with Gasteiger partial charge in [0.25, 0.3) is 0 Å². The molecule has 1 N–H and O–H groups in total. The molecule has 0 aliphatic carbocycles. The van der Waals surface area contributed by atoms with Crippen LogP contribution in [0.3, 0.4) is 0 Å². The Labute approximate surface area is 118 Å². The van der Waals surface area contributed by atoms with Gasteiger partial charge in [0, 0.05) is 0 Å². The Kier molecular flexibility index (Phi) is 4.56. The van der Waals surface area contributed by atoms with Gasteiger partial charge in [0.15, 0.2) is 0 Å². The van der Waals surface area contributed by atoms with Gasteiger partial charge in [-0.2, -0.15) is 0 Å². The van der Waals surface area contributed by atoms with Crippen LogP contribution < -0.4 is 5.32 Å². The summed E-state index contributed by atoms with van der Waals surface area (Å²) in [5.41, 5.74) is 1.88. The maximum Gasteiger partial charge on any atom is 0.249 e. The molecule has 1 aromatic carbocycles. The lowest BCUT2D eigenvalue weighted by Crippen LogP contribution is -2.19. The topological polar surface area (TPSA) is 51.0 Å². The zero-order chi connectivity index (χ0) is 13.8. The van der Waals surface area contributed by atoms with Gasteiger partial charge in [0.1, 0.15) is 0 Å². The van der Waals surface area contributed by atoms with Crippen molar-refractivity contribution >= 4 is 11.6 Å². The number of hydrogen-bond donors (Lipinski definition) is 1. The summed E-state index contributed by atoms with van der Waals surface area (Å²) in [4.78, 5) is 0. The average Bonchev–Trinajstić information content (AvgIpc) is 2.85. The van der Waals surface area contributed by atoms with Gasteiger partial charge in [-0.1, -0.05) is 24.6 Å². The molecule has 1 unspecified atom stereocenters. The third-order valence-corrected chi connectivity index (χ3v) is 3.18. The average molecular weight is 280 g/mol. The molecule has 0 saturated carbocycles. The van der Waals surface area contributed by atoms with E-state index in [-0.39, 0.29) is 6.04 Å². The third-order valence-electron chi connectivity index (χ3n) is 2.87. The highest BCUT2D eigenvalue weighted by Crippen LogP contribution is 2.28. The van der Waals surface area contributed by atoms with Gasteiger partial charge >= 0.3 is 0 Å². The highest BCUT2D eigenvalue weighted by molar-refractivity contribution is 6.33. The first-order valence-electron chi connectivity index (χ1n) is 6.45. The summed E-state index contributed by atoms with van der Waals surface area (Å²) in [6, 6.07) is 5.81. The Morgan fingerprint density at radius 3 is 2.84 bits per heavy atom. The Balaban J connectivity index is 2.20. The maximum absolute atomic E-state index is 6.19. The second kappa shape index (κ2) is 6.17. The van der Waals surface area contributed by atoms with Crippen LogP contribution in [0.4, 0.5) is 0 Å². The van der Waals surface area contributed by atoms with E-state index in [0.29, 0.717) is 16.8 Å². The minimum absolute atomic E-state index is 0.0467. The van der Waals surface area contributed by atoms with Crippen LogP contribution in [0.15, 0.2) is 22.6 Å². The highest BCUT2D eigenvalue weighted by atomic mass is 35.5. The molecule has 0 aliphatic heterocycles. The van der Waals surface area contributed by atoms with Crippen LogP contribution in [0.1, 0.15) is 37.8 Å². The lowest BCUT2D eigenvalue weighted by Gasteiger charge is -2.07. The number of rotatable bonds is 5. The fourth-order valence-corrected chi connectivity index (χ4v) is 2.08. The molecule has 102 valence electrons. The molecule has 19 heavy (non-hydrogen) atoms. The molecular weight excluding hydrogens is 262 g/mol. The van der Waals surface area contributed by atoms with Crippen molar-refractivity contribution in [2.45, 2.75) is 33.2 Å². The molecule has 0 bridgehead atoms. The first-order chi connectivity index (χ1) is 9.11. The van der Waals surface area contributed by atoms with Crippen LogP contribution in [-0.2, 0) is 0 Å². The summed E-state index contributed by atoms with van der Waals surface area (Å²) in [6.45, 7) is 7.03. The molecule has 0 amide bonds. The molecule has 0 aliphatic rings. The fraction of sp³-hybridized carbons (Fsp3) is 0.429. The second-order valence-corrected chi connectivity index (χ2v) is 5.01. The predicted octanol–water partition coefficient (Wildman–Crippen LogP) is 3.76. The number of hydrogen-bond acceptors (Lipinski definition) is 4. The van der Waals surface area contributed by atoms with Crippen LogP contribution in [0.5, 0.6) is 0 Å². The largest absolute Gasteiger partial charge is 0.419 e. The van der Waals surface area contributed by atoms with E-state index < -0.39 is 0 Å². The molecule has 2 rings (SSSR count). The number of benzene rings is 1. The summed E-state index contributed by atoms with van der Waals surface area (Å²) >= 11 is 6.19. The zero-order valence-corrected chi connectivity index (χ0v) is 12.2. The van der Waals surface area contributed by atoms with E-state index in [1.54, 1.807) is 0 Å². The van der Waals surface area contributed by atoms with Crippen molar-refractivity contribution in [2.75, 3.05) is 6.54 Å². The quantitative estimate of drug-likeness (QED) is 0.905. The molecule has 0 radical (unpaired) electrons. The Hall–Kier alpha value is -1.39. The standard InChI is InChI=1S/C14H18ClN3O/c1-4-7-16-10(3)13-17-18-14(19-13)11-6-5-9(2)8-12(11)15/h5-6,8,10,16H,4,7H2,1-3H3. The van der Waals surface area contributed by atoms with Crippen molar-refractivity contribution < 1.29 is 4.42 Å². The molecule has 1 heterocycles. The molecular formula is C14H18ClN3O. The fourth-order valence-electron chi connectivity index (χ4n) is 1.76. The van der Waals surface area contributed by atoms with Crippen LogP contribution in [0.25, 0.3) is 11.5 Å². The highest BCUT2D eigenvalue weighted by Gasteiger charge is 2.15. The second-order valence-electron chi connectivity index (χ2n) is 4.60. The van der Waals surface area contributed by atoms with Crippen molar-refractivity contribution in [3.8, 4) is 11.5 Å². The Bertz CT molecular complexity index is 553. The van der Waals surface area contributed by atoms with Gasteiger partial charge in [-0.05, 0) is 44.5 Å². The number of nitrogens with one attached hydrogen (secondary N) is 1. The van der Waals surface area contributed by atoms with E-state index in [2.05, 4.69) is 22.4 Å². The molecule has 5 heteroatoms. The molecule has 2 aromatic rings. The van der Waals surface area contributed by atoms with Crippen molar-refractivity contribution in [1.29, 1.82) is 0 Å². The van der Waals surface area contributed by atoms with Crippen LogP contribution in [0.2, 0.25) is 5.02 Å². The molecule has 0 fully saturated rings. The molecule has 0 saturated heterocycles. The summed E-state index contributed by atoms with van der Waals surface area (Å²) in [5, 5.41) is 12.1. The number of nitrogens with zero attached hydrogens (tertiary/aromatic N) is 2. The summed E-state index contributed by atoms with van der Waals surface area (Å²) in [7, 11) is 0. The van der Waals surface area contributed by atoms with Crippen molar-refractivity contribution in [1.82, 2.24) is 15.5 Å². The van der Waals surface area contributed by atoms with E-state index in [1.807, 2.05) is 32.0 Å². The van der Waals surface area contributed by atoms with Gasteiger partial charge in [-0.25, -0.2) is 0 Å². The van der Waals surface area contributed by atoms with E-state index in [9.17, 15) is 0 Å². The van der Waals surface area contributed by atoms with E-state index in [0.717, 1.165) is 24.1 Å². The summed E-state index contributed by atoms with van der Waals surface area (Å²) in [6.07, 6.45) is 1.06. The van der Waals surface area contributed by atoms with Gasteiger partial charge in [-0.15, -0.1) is 10.2 Å². The first kappa shape index (κ1) is 14.0. The lowest BCUT2D eigenvalue weighted by atomic mass is 10.1. The van der Waals surface area contributed by atoms with Crippen molar-refractivity contribution in [3.63, 3.8) is 0 Å². The monoisotopic (exact) mass is 279 g/mol. The Morgan fingerprint density at radius 1 is 1.37 bits per heavy atom.